The lowest BCUT2D eigenvalue weighted by Crippen LogP contribution is -2.24. The van der Waals surface area contributed by atoms with Crippen LogP contribution in [0.3, 0.4) is 0 Å². The topological polar surface area (TPSA) is 12.5 Å². The first-order chi connectivity index (χ1) is 8.72. The molecule has 18 heavy (non-hydrogen) atoms. The third-order valence-corrected chi connectivity index (χ3v) is 3.53. The van der Waals surface area contributed by atoms with Gasteiger partial charge < -0.3 is 9.64 Å². The summed E-state index contributed by atoms with van der Waals surface area (Å²) in [6, 6.07) is 5.04. The van der Waals surface area contributed by atoms with Gasteiger partial charge in [0.15, 0.2) is 0 Å². The molecule has 100 valence electrons. The first-order valence-corrected chi connectivity index (χ1v) is 6.88. The largest absolute Gasteiger partial charge is 0.379 e. The average molecular weight is 272 g/mol. The number of hydrogen-bond acceptors (Lipinski definition) is 2. The van der Waals surface area contributed by atoms with E-state index in [1.165, 1.54) is 18.9 Å². The summed E-state index contributed by atoms with van der Waals surface area (Å²) in [5.41, 5.74) is 1.41. The molecule has 0 heterocycles. The number of anilines is 1. The molecule has 1 aliphatic carbocycles. The van der Waals surface area contributed by atoms with E-state index in [0.29, 0.717) is 12.2 Å². The molecule has 0 amide bonds. The second-order valence-electron chi connectivity index (χ2n) is 4.81. The van der Waals surface area contributed by atoms with E-state index in [-0.39, 0.29) is 11.7 Å². The lowest BCUT2D eigenvalue weighted by Gasteiger charge is -2.22. The van der Waals surface area contributed by atoms with Gasteiger partial charge in [0.1, 0.15) is 5.82 Å². The summed E-state index contributed by atoms with van der Waals surface area (Å²) in [4.78, 5) is 1.99. The number of alkyl halides is 1. The molecule has 1 aromatic rings. The Morgan fingerprint density at radius 2 is 2.22 bits per heavy atom. The van der Waals surface area contributed by atoms with Crippen molar-refractivity contribution in [3.8, 4) is 0 Å². The molecule has 2 nitrogen and oxygen atoms in total. The van der Waals surface area contributed by atoms with E-state index in [0.717, 1.165) is 24.8 Å². The number of benzene rings is 1. The van der Waals surface area contributed by atoms with Gasteiger partial charge >= 0.3 is 0 Å². The van der Waals surface area contributed by atoms with Crippen molar-refractivity contribution < 1.29 is 9.13 Å². The Kier molecular flexibility index (Phi) is 4.84. The number of hydrogen-bond donors (Lipinski definition) is 0. The molecule has 0 radical (unpaired) electrons. The molecule has 1 saturated carbocycles. The number of ether oxygens (including phenoxy) is 1. The Bertz CT molecular complexity index is 395. The Hall–Kier alpha value is -0.800. The SMILES string of the molecule is CN(CCOCC1CC1)c1cccc(F)c1CCl. The second-order valence-corrected chi connectivity index (χ2v) is 5.08. The molecule has 0 saturated heterocycles. The van der Waals surface area contributed by atoms with Gasteiger partial charge in [0.2, 0.25) is 0 Å². The van der Waals surface area contributed by atoms with Gasteiger partial charge in [0.05, 0.1) is 12.5 Å². The first-order valence-electron chi connectivity index (χ1n) is 6.34. The average Bonchev–Trinajstić information content (AvgIpc) is 3.18. The van der Waals surface area contributed by atoms with E-state index in [1.807, 2.05) is 18.0 Å². The fraction of sp³-hybridized carbons (Fsp3) is 0.571. The van der Waals surface area contributed by atoms with Gasteiger partial charge in [-0.3, -0.25) is 0 Å². The number of likely N-dealkylation sites (N-methyl/N-ethyl adjacent to an activating group) is 1. The van der Waals surface area contributed by atoms with Crippen LogP contribution in [0.1, 0.15) is 18.4 Å². The smallest absolute Gasteiger partial charge is 0.129 e. The summed E-state index contributed by atoms with van der Waals surface area (Å²) in [5.74, 6) is 0.728. The van der Waals surface area contributed by atoms with E-state index in [4.69, 9.17) is 16.3 Å². The maximum Gasteiger partial charge on any atom is 0.129 e. The molecule has 0 N–H and O–H groups in total. The fourth-order valence-electron chi connectivity index (χ4n) is 1.89. The van der Waals surface area contributed by atoms with Crippen LogP contribution in [-0.2, 0) is 10.6 Å². The second kappa shape index (κ2) is 6.39. The van der Waals surface area contributed by atoms with Crippen LogP contribution in [0.2, 0.25) is 0 Å². The summed E-state index contributed by atoms with van der Waals surface area (Å²) in [5, 5.41) is 0. The minimum Gasteiger partial charge on any atom is -0.379 e. The van der Waals surface area contributed by atoms with Gasteiger partial charge in [-0.15, -0.1) is 11.6 Å². The zero-order chi connectivity index (χ0) is 13.0. The Balaban J connectivity index is 1.86. The third kappa shape index (κ3) is 3.59. The minimum atomic E-state index is -0.242. The quantitative estimate of drug-likeness (QED) is 0.556. The lowest BCUT2D eigenvalue weighted by atomic mass is 10.1. The van der Waals surface area contributed by atoms with Crippen molar-refractivity contribution in [2.24, 2.45) is 5.92 Å². The molecule has 0 aromatic heterocycles. The van der Waals surface area contributed by atoms with Crippen LogP contribution in [-0.4, -0.2) is 26.8 Å². The maximum absolute atomic E-state index is 13.6. The Labute approximate surface area is 113 Å². The maximum atomic E-state index is 13.6. The van der Waals surface area contributed by atoms with Gasteiger partial charge in [-0.25, -0.2) is 4.39 Å². The highest BCUT2D eigenvalue weighted by Crippen LogP contribution is 2.29. The molecule has 0 aliphatic heterocycles. The van der Waals surface area contributed by atoms with Crippen LogP contribution in [0, 0.1) is 11.7 Å². The predicted molar refractivity (Wildman–Crippen MR) is 72.8 cm³/mol. The number of halogens is 2. The van der Waals surface area contributed by atoms with Crippen LogP contribution in [0.5, 0.6) is 0 Å². The van der Waals surface area contributed by atoms with Gasteiger partial charge in [0, 0.05) is 31.5 Å². The highest BCUT2D eigenvalue weighted by molar-refractivity contribution is 6.17. The van der Waals surface area contributed by atoms with Crippen LogP contribution in [0.4, 0.5) is 10.1 Å². The van der Waals surface area contributed by atoms with Crippen molar-refractivity contribution in [2.45, 2.75) is 18.7 Å². The molecule has 1 aliphatic rings. The summed E-state index contributed by atoms with van der Waals surface area (Å²) >= 11 is 5.79. The van der Waals surface area contributed by atoms with E-state index in [9.17, 15) is 4.39 Å². The third-order valence-electron chi connectivity index (χ3n) is 3.26. The van der Waals surface area contributed by atoms with E-state index >= 15 is 0 Å². The zero-order valence-electron chi connectivity index (χ0n) is 10.7. The number of rotatable bonds is 7. The van der Waals surface area contributed by atoms with Crippen molar-refractivity contribution in [3.05, 3.63) is 29.6 Å². The standard InChI is InChI=1S/C14H19ClFNO/c1-17(7-8-18-10-11-5-6-11)14-4-2-3-13(16)12(14)9-15/h2-4,11H,5-10H2,1H3. The van der Waals surface area contributed by atoms with Crippen molar-refractivity contribution in [1.82, 2.24) is 0 Å². The summed E-state index contributed by atoms with van der Waals surface area (Å²) in [7, 11) is 1.94. The van der Waals surface area contributed by atoms with E-state index in [2.05, 4.69) is 0 Å². The van der Waals surface area contributed by atoms with Crippen LogP contribution in [0.15, 0.2) is 18.2 Å². The highest BCUT2D eigenvalue weighted by atomic mass is 35.5. The highest BCUT2D eigenvalue weighted by Gasteiger charge is 2.21. The normalized spacial score (nSPS) is 14.8. The molecular formula is C14H19ClFNO. The van der Waals surface area contributed by atoms with Crippen molar-refractivity contribution in [2.75, 3.05) is 31.7 Å². The molecule has 0 atom stereocenters. The summed E-state index contributed by atoms with van der Waals surface area (Å²) in [6.45, 7) is 2.28. The molecule has 0 bridgehead atoms. The fourth-order valence-corrected chi connectivity index (χ4v) is 2.16. The number of nitrogens with zero attached hydrogens (tertiary/aromatic N) is 1. The summed E-state index contributed by atoms with van der Waals surface area (Å²) in [6.07, 6.45) is 2.60. The van der Waals surface area contributed by atoms with Crippen LogP contribution < -0.4 is 4.90 Å². The molecule has 0 unspecified atom stereocenters. The van der Waals surface area contributed by atoms with E-state index in [1.54, 1.807) is 6.07 Å². The molecule has 1 aromatic carbocycles. The lowest BCUT2D eigenvalue weighted by molar-refractivity contribution is 0.131. The van der Waals surface area contributed by atoms with Crippen molar-refractivity contribution in [3.63, 3.8) is 0 Å². The van der Waals surface area contributed by atoms with Crippen molar-refractivity contribution >= 4 is 17.3 Å². The van der Waals surface area contributed by atoms with Gasteiger partial charge in [0.25, 0.3) is 0 Å². The Morgan fingerprint density at radius 1 is 1.44 bits per heavy atom. The van der Waals surface area contributed by atoms with Crippen LogP contribution >= 0.6 is 11.6 Å². The van der Waals surface area contributed by atoms with Crippen molar-refractivity contribution in [1.29, 1.82) is 0 Å². The molecule has 2 rings (SSSR count). The van der Waals surface area contributed by atoms with E-state index < -0.39 is 0 Å². The first kappa shape index (κ1) is 13.6. The molecule has 0 spiro atoms. The zero-order valence-corrected chi connectivity index (χ0v) is 11.4. The van der Waals surface area contributed by atoms with Gasteiger partial charge in [-0.05, 0) is 30.9 Å². The van der Waals surface area contributed by atoms with Gasteiger partial charge in [-0.1, -0.05) is 6.07 Å². The molecule has 1 fully saturated rings. The monoisotopic (exact) mass is 271 g/mol. The van der Waals surface area contributed by atoms with Crippen LogP contribution in [0.25, 0.3) is 0 Å². The van der Waals surface area contributed by atoms with Gasteiger partial charge in [-0.2, -0.15) is 0 Å². The Morgan fingerprint density at radius 3 is 2.89 bits per heavy atom. The summed E-state index contributed by atoms with van der Waals surface area (Å²) < 4.78 is 19.2. The predicted octanol–water partition coefficient (Wildman–Crippen LogP) is 3.43. The molecule has 4 heteroatoms. The minimum absolute atomic E-state index is 0.190. The molecular weight excluding hydrogens is 253 g/mol.